The van der Waals surface area contributed by atoms with E-state index in [4.69, 9.17) is 5.53 Å². The van der Waals surface area contributed by atoms with Crippen molar-refractivity contribution < 1.29 is 19.2 Å². The number of hydrogen-bond acceptors (Lipinski definition) is 3. The molecule has 0 atom stereocenters. The quantitative estimate of drug-likeness (QED) is 0.268. The Morgan fingerprint density at radius 2 is 1.86 bits per heavy atom. The Labute approximate surface area is 81.1 Å². The summed E-state index contributed by atoms with van der Waals surface area (Å²) in [5, 5.41) is 0. The zero-order valence-electron chi connectivity index (χ0n) is 8.27. The van der Waals surface area contributed by atoms with Crippen LogP contribution in [0.5, 0.6) is 0 Å². The second kappa shape index (κ2) is 5.04. The fourth-order valence-electron chi connectivity index (χ4n) is 0.773. The average molecular weight is 197 g/mol. The Morgan fingerprint density at radius 1 is 1.36 bits per heavy atom. The van der Waals surface area contributed by atoms with E-state index in [1.165, 1.54) is 7.05 Å². The van der Waals surface area contributed by atoms with Crippen LogP contribution in [-0.4, -0.2) is 40.0 Å². The minimum atomic E-state index is -0.896. The van der Waals surface area contributed by atoms with E-state index in [0.29, 0.717) is 0 Å². The molecule has 6 nitrogen and oxygen atoms in total. The maximum absolute atomic E-state index is 11.3. The summed E-state index contributed by atoms with van der Waals surface area (Å²) in [7, 11) is 1.22. The standard InChI is InChI=1S/C8H11N3O3/c1-4-6(13)11(3)8(14)7(10-9)5(2)12/h4H2,1-3H3. The van der Waals surface area contributed by atoms with Crippen molar-refractivity contribution in [3.8, 4) is 0 Å². The molecule has 0 bridgehead atoms. The lowest BCUT2D eigenvalue weighted by atomic mass is 10.2. The van der Waals surface area contributed by atoms with Crippen molar-refractivity contribution in [1.82, 2.24) is 4.90 Å². The van der Waals surface area contributed by atoms with Crippen molar-refractivity contribution in [1.29, 1.82) is 0 Å². The van der Waals surface area contributed by atoms with Crippen LogP contribution in [-0.2, 0) is 14.4 Å². The van der Waals surface area contributed by atoms with Gasteiger partial charge in [0.1, 0.15) is 0 Å². The Hall–Kier alpha value is -1.81. The lowest BCUT2D eigenvalue weighted by Gasteiger charge is -2.09. The zero-order valence-corrected chi connectivity index (χ0v) is 8.27. The van der Waals surface area contributed by atoms with Crippen LogP contribution in [0.15, 0.2) is 0 Å². The first-order chi connectivity index (χ1) is 6.45. The Morgan fingerprint density at radius 3 is 2.14 bits per heavy atom. The molecule has 0 N–H and O–H groups in total. The summed E-state index contributed by atoms with van der Waals surface area (Å²) in [6.07, 6.45) is 0.138. The van der Waals surface area contributed by atoms with Gasteiger partial charge in [0, 0.05) is 20.4 Å². The average Bonchev–Trinajstić information content (AvgIpc) is 2.15. The van der Waals surface area contributed by atoms with Gasteiger partial charge < -0.3 is 5.53 Å². The van der Waals surface area contributed by atoms with Gasteiger partial charge >= 0.3 is 11.6 Å². The molecule has 0 aliphatic heterocycles. The van der Waals surface area contributed by atoms with Crippen LogP contribution in [0.3, 0.4) is 0 Å². The fourth-order valence-corrected chi connectivity index (χ4v) is 0.773. The third kappa shape index (κ3) is 2.60. The van der Waals surface area contributed by atoms with Gasteiger partial charge in [-0.05, 0) is 0 Å². The van der Waals surface area contributed by atoms with E-state index in [2.05, 4.69) is 4.79 Å². The number of ketones is 1. The van der Waals surface area contributed by atoms with Crippen LogP contribution in [0.4, 0.5) is 0 Å². The molecular weight excluding hydrogens is 186 g/mol. The number of hydrogen-bond donors (Lipinski definition) is 0. The van der Waals surface area contributed by atoms with Gasteiger partial charge in [0.25, 0.3) is 0 Å². The van der Waals surface area contributed by atoms with Crippen molar-refractivity contribution in [3.05, 3.63) is 5.53 Å². The van der Waals surface area contributed by atoms with Gasteiger partial charge in [0.15, 0.2) is 0 Å². The highest BCUT2D eigenvalue weighted by atomic mass is 16.2. The molecule has 76 valence electrons. The summed E-state index contributed by atoms with van der Waals surface area (Å²) < 4.78 is 0. The van der Waals surface area contributed by atoms with Gasteiger partial charge in [-0.25, -0.2) is 0 Å². The highest BCUT2D eigenvalue weighted by Crippen LogP contribution is 1.93. The van der Waals surface area contributed by atoms with Crippen molar-refractivity contribution >= 4 is 23.3 Å². The van der Waals surface area contributed by atoms with Crippen molar-refractivity contribution in [2.24, 2.45) is 0 Å². The Bertz CT molecular complexity index is 329. The summed E-state index contributed by atoms with van der Waals surface area (Å²) in [4.78, 5) is 36.4. The van der Waals surface area contributed by atoms with Crippen molar-refractivity contribution in [2.75, 3.05) is 7.05 Å². The van der Waals surface area contributed by atoms with Gasteiger partial charge in [0.2, 0.25) is 11.7 Å². The predicted molar refractivity (Wildman–Crippen MR) is 47.4 cm³/mol. The topological polar surface area (TPSA) is 90.8 Å². The van der Waals surface area contributed by atoms with Crippen molar-refractivity contribution in [3.63, 3.8) is 0 Å². The number of carbonyl (C=O) groups is 3. The molecule has 6 heteroatoms. The Kier molecular flexibility index (Phi) is 4.38. The molecule has 0 heterocycles. The molecule has 0 aromatic rings. The third-order valence-corrected chi connectivity index (χ3v) is 1.62. The zero-order chi connectivity index (χ0) is 11.3. The molecule has 0 saturated carbocycles. The highest BCUT2D eigenvalue weighted by molar-refractivity contribution is 6.63. The lowest BCUT2D eigenvalue weighted by Crippen LogP contribution is -2.40. The third-order valence-electron chi connectivity index (χ3n) is 1.62. The van der Waals surface area contributed by atoms with Crippen LogP contribution < -0.4 is 0 Å². The number of imide groups is 1. The normalized spacial score (nSPS) is 8.79. The minimum absolute atomic E-state index is 0.138. The van der Waals surface area contributed by atoms with Crippen LogP contribution >= 0.6 is 0 Å². The van der Waals surface area contributed by atoms with Gasteiger partial charge in [-0.3, -0.25) is 19.3 Å². The molecule has 0 radical (unpaired) electrons. The molecule has 0 aromatic carbocycles. The van der Waals surface area contributed by atoms with Crippen LogP contribution in [0, 0.1) is 0 Å². The largest absolute Gasteiger partial charge is 0.421 e. The fraction of sp³-hybridized carbons (Fsp3) is 0.500. The maximum Gasteiger partial charge on any atom is 0.421 e. The molecule has 0 fully saturated rings. The minimum Gasteiger partial charge on any atom is -0.360 e. The first kappa shape index (κ1) is 12.2. The monoisotopic (exact) mass is 197 g/mol. The van der Waals surface area contributed by atoms with Gasteiger partial charge in [-0.1, -0.05) is 6.92 Å². The van der Waals surface area contributed by atoms with Crippen molar-refractivity contribution in [2.45, 2.75) is 20.3 Å². The van der Waals surface area contributed by atoms with Gasteiger partial charge in [-0.15, -0.1) is 0 Å². The van der Waals surface area contributed by atoms with E-state index >= 15 is 0 Å². The number of rotatable bonds is 3. The summed E-state index contributed by atoms with van der Waals surface area (Å²) in [6, 6.07) is 0. The molecule has 0 aliphatic rings. The van der Waals surface area contributed by atoms with E-state index in [0.717, 1.165) is 11.8 Å². The molecular formula is C8H11N3O3. The second-order valence-electron chi connectivity index (χ2n) is 2.62. The van der Waals surface area contributed by atoms with Gasteiger partial charge in [-0.2, -0.15) is 4.79 Å². The second-order valence-corrected chi connectivity index (χ2v) is 2.62. The molecule has 2 amide bonds. The highest BCUT2D eigenvalue weighted by Gasteiger charge is 2.31. The summed E-state index contributed by atoms with van der Waals surface area (Å²) >= 11 is 0. The molecule has 0 spiro atoms. The lowest BCUT2D eigenvalue weighted by molar-refractivity contribution is -0.142. The van der Waals surface area contributed by atoms with E-state index < -0.39 is 23.3 Å². The molecule has 0 aliphatic carbocycles. The van der Waals surface area contributed by atoms with E-state index in [1.807, 2.05) is 0 Å². The first-order valence-corrected chi connectivity index (χ1v) is 3.99. The van der Waals surface area contributed by atoms with E-state index in [-0.39, 0.29) is 6.42 Å². The molecule has 0 aromatic heterocycles. The maximum atomic E-state index is 11.3. The smallest absolute Gasteiger partial charge is 0.360 e. The molecule has 0 rings (SSSR count). The summed E-state index contributed by atoms with van der Waals surface area (Å²) in [5.41, 5.74) is 7.73. The molecule has 14 heavy (non-hydrogen) atoms. The van der Waals surface area contributed by atoms with E-state index in [9.17, 15) is 14.4 Å². The van der Waals surface area contributed by atoms with Crippen LogP contribution in [0.2, 0.25) is 0 Å². The van der Waals surface area contributed by atoms with Crippen LogP contribution in [0.25, 0.3) is 5.53 Å². The molecule has 0 unspecified atom stereocenters. The van der Waals surface area contributed by atoms with E-state index in [1.54, 1.807) is 6.92 Å². The van der Waals surface area contributed by atoms with Crippen LogP contribution in [0.1, 0.15) is 20.3 Å². The first-order valence-electron chi connectivity index (χ1n) is 3.99. The summed E-state index contributed by atoms with van der Waals surface area (Å²) in [5.74, 6) is -2.03. The predicted octanol–water partition coefficient (Wildman–Crippen LogP) is -0.359. The number of carbonyl (C=O) groups excluding carboxylic acids is 3. The number of nitrogens with zero attached hydrogens (tertiary/aromatic N) is 3. The SMILES string of the molecule is CCC(=O)N(C)C(=O)C(=[N+]=[N-])C(C)=O. The van der Waals surface area contributed by atoms with Gasteiger partial charge in [0.05, 0.1) is 0 Å². The summed E-state index contributed by atoms with van der Waals surface area (Å²) in [6.45, 7) is 2.66. The number of Topliss-reactive ketones (excluding diaryl/α,β-unsaturated/α-hetero) is 1. The Balaban J connectivity index is 4.87. The molecule has 0 saturated heterocycles. The number of amides is 2.